The van der Waals surface area contributed by atoms with Crippen LogP contribution in [0.15, 0.2) is 24.4 Å². The lowest BCUT2D eigenvalue weighted by Gasteiger charge is -2.00. The molecule has 0 N–H and O–H groups in total. The Balaban J connectivity index is 2.31. The van der Waals surface area contributed by atoms with E-state index in [0.717, 1.165) is 0 Å². The predicted octanol–water partition coefficient (Wildman–Crippen LogP) is 3.15. The van der Waals surface area contributed by atoms with E-state index in [1.807, 2.05) is 0 Å². The number of nitrogens with zero attached hydrogens (tertiary/aromatic N) is 2. The van der Waals surface area contributed by atoms with Crippen molar-refractivity contribution in [1.82, 2.24) is 9.13 Å². The highest BCUT2D eigenvalue weighted by molar-refractivity contribution is 5.67. The van der Waals surface area contributed by atoms with Gasteiger partial charge in [-0.25, -0.2) is 0 Å². The fourth-order valence-electron chi connectivity index (χ4n) is 1.86. The summed E-state index contributed by atoms with van der Waals surface area (Å²) in [5, 5.41) is 0. The molecule has 0 unspecified atom stereocenters. The molecule has 2 rings (SSSR count). The van der Waals surface area contributed by atoms with Crippen molar-refractivity contribution in [2.75, 3.05) is 0 Å². The largest absolute Gasteiger partial charge is 0.351 e. The number of aromatic nitrogens is 2. The summed E-state index contributed by atoms with van der Waals surface area (Å²) in [5.41, 5.74) is 5.13. The smallest absolute Gasteiger partial charge is 0.0409 e. The standard InChI is InChI=1S/C14H18N2/c1-11-10-14(16(4)12(11)2)8-7-13-6-5-9-15(13)3/h5-10H,1-4H3. The molecular formula is C14H18N2. The quantitative estimate of drug-likeness (QED) is 0.726. The van der Waals surface area contributed by atoms with E-state index >= 15 is 0 Å². The van der Waals surface area contributed by atoms with E-state index < -0.39 is 0 Å². The first-order chi connectivity index (χ1) is 7.59. The first kappa shape index (κ1) is 10.8. The van der Waals surface area contributed by atoms with Crippen molar-refractivity contribution in [2.45, 2.75) is 13.8 Å². The van der Waals surface area contributed by atoms with Crippen molar-refractivity contribution in [2.24, 2.45) is 14.1 Å². The Labute approximate surface area is 96.8 Å². The van der Waals surface area contributed by atoms with E-state index in [1.165, 1.54) is 22.6 Å². The van der Waals surface area contributed by atoms with Crippen LogP contribution in [0.25, 0.3) is 12.2 Å². The summed E-state index contributed by atoms with van der Waals surface area (Å²) in [5.74, 6) is 0. The highest BCUT2D eigenvalue weighted by Gasteiger charge is 2.02. The summed E-state index contributed by atoms with van der Waals surface area (Å²) >= 11 is 0. The van der Waals surface area contributed by atoms with Gasteiger partial charge in [0.1, 0.15) is 0 Å². The number of hydrogen-bond acceptors (Lipinski definition) is 0. The van der Waals surface area contributed by atoms with E-state index in [4.69, 9.17) is 0 Å². The van der Waals surface area contributed by atoms with Crippen LogP contribution in [0.4, 0.5) is 0 Å². The third kappa shape index (κ3) is 1.83. The van der Waals surface area contributed by atoms with Gasteiger partial charge in [-0.1, -0.05) is 0 Å². The lowest BCUT2D eigenvalue weighted by Crippen LogP contribution is -1.93. The molecule has 84 valence electrons. The van der Waals surface area contributed by atoms with E-state index in [0.29, 0.717) is 0 Å². The summed E-state index contributed by atoms with van der Waals surface area (Å²) in [4.78, 5) is 0. The Hall–Kier alpha value is -1.70. The van der Waals surface area contributed by atoms with Gasteiger partial charge < -0.3 is 9.13 Å². The third-order valence-electron chi connectivity index (χ3n) is 3.23. The van der Waals surface area contributed by atoms with Crippen LogP contribution in [0.2, 0.25) is 0 Å². The molecule has 0 radical (unpaired) electrons. The second-order valence-corrected chi connectivity index (χ2v) is 4.27. The molecule has 2 heterocycles. The summed E-state index contributed by atoms with van der Waals surface area (Å²) in [6, 6.07) is 6.38. The Morgan fingerprint density at radius 1 is 1.06 bits per heavy atom. The average molecular weight is 214 g/mol. The maximum Gasteiger partial charge on any atom is 0.0409 e. The SMILES string of the molecule is Cc1cc(C=Cc2cccn2C)n(C)c1C. The van der Waals surface area contributed by atoms with Crippen LogP contribution >= 0.6 is 0 Å². The first-order valence-corrected chi connectivity index (χ1v) is 5.52. The second-order valence-electron chi connectivity index (χ2n) is 4.27. The van der Waals surface area contributed by atoms with Gasteiger partial charge in [0, 0.05) is 37.4 Å². The lowest BCUT2D eigenvalue weighted by molar-refractivity contribution is 0.866. The Kier molecular flexibility index (Phi) is 2.73. The normalized spacial score (nSPS) is 11.5. The van der Waals surface area contributed by atoms with Gasteiger partial charge in [0.05, 0.1) is 0 Å². The van der Waals surface area contributed by atoms with Gasteiger partial charge in [-0.05, 0) is 49.8 Å². The molecule has 0 aliphatic carbocycles. The average Bonchev–Trinajstić information content (AvgIpc) is 2.76. The zero-order chi connectivity index (χ0) is 11.7. The third-order valence-corrected chi connectivity index (χ3v) is 3.23. The molecule has 0 spiro atoms. The minimum Gasteiger partial charge on any atom is -0.351 e. The van der Waals surface area contributed by atoms with Crippen LogP contribution in [-0.2, 0) is 14.1 Å². The van der Waals surface area contributed by atoms with Gasteiger partial charge in [0.25, 0.3) is 0 Å². The second kappa shape index (κ2) is 4.05. The van der Waals surface area contributed by atoms with Crippen LogP contribution in [-0.4, -0.2) is 9.13 Å². The van der Waals surface area contributed by atoms with Gasteiger partial charge in [0.2, 0.25) is 0 Å². The molecule has 0 aliphatic heterocycles. The first-order valence-electron chi connectivity index (χ1n) is 5.52. The molecule has 2 heteroatoms. The van der Waals surface area contributed by atoms with Crippen molar-refractivity contribution < 1.29 is 0 Å². The fourth-order valence-corrected chi connectivity index (χ4v) is 1.86. The van der Waals surface area contributed by atoms with Crippen LogP contribution in [0.3, 0.4) is 0 Å². The molecular weight excluding hydrogens is 196 g/mol. The molecule has 2 nitrogen and oxygen atoms in total. The van der Waals surface area contributed by atoms with Crippen LogP contribution in [0.1, 0.15) is 22.6 Å². The van der Waals surface area contributed by atoms with E-state index in [-0.39, 0.29) is 0 Å². The van der Waals surface area contributed by atoms with Gasteiger partial charge in [0.15, 0.2) is 0 Å². The molecule has 16 heavy (non-hydrogen) atoms. The molecule has 0 bridgehead atoms. The Morgan fingerprint density at radius 2 is 1.75 bits per heavy atom. The monoisotopic (exact) mass is 214 g/mol. The lowest BCUT2D eigenvalue weighted by atomic mass is 10.2. The summed E-state index contributed by atoms with van der Waals surface area (Å²) < 4.78 is 4.33. The number of rotatable bonds is 2. The van der Waals surface area contributed by atoms with E-state index in [2.05, 4.69) is 73.6 Å². The Morgan fingerprint density at radius 3 is 2.25 bits per heavy atom. The molecule has 0 aliphatic rings. The molecule has 0 fully saturated rings. The minimum atomic E-state index is 1.22. The zero-order valence-corrected chi connectivity index (χ0v) is 10.4. The number of aryl methyl sites for hydroxylation is 2. The molecule has 0 saturated carbocycles. The van der Waals surface area contributed by atoms with Crippen molar-refractivity contribution in [3.05, 3.63) is 47.0 Å². The molecule has 0 saturated heterocycles. The van der Waals surface area contributed by atoms with Gasteiger partial charge in [-0.3, -0.25) is 0 Å². The highest BCUT2D eigenvalue weighted by Crippen LogP contribution is 2.15. The van der Waals surface area contributed by atoms with E-state index in [9.17, 15) is 0 Å². The molecule has 0 aromatic carbocycles. The van der Waals surface area contributed by atoms with Crippen LogP contribution < -0.4 is 0 Å². The molecule has 0 amide bonds. The molecule has 2 aromatic heterocycles. The van der Waals surface area contributed by atoms with Crippen molar-refractivity contribution >= 4 is 12.2 Å². The van der Waals surface area contributed by atoms with Crippen LogP contribution in [0, 0.1) is 13.8 Å². The maximum atomic E-state index is 2.22. The predicted molar refractivity (Wildman–Crippen MR) is 69.2 cm³/mol. The van der Waals surface area contributed by atoms with Crippen LogP contribution in [0.5, 0.6) is 0 Å². The Bertz CT molecular complexity index is 527. The highest BCUT2D eigenvalue weighted by atomic mass is 15.0. The summed E-state index contributed by atoms with van der Waals surface area (Å²) in [6.45, 7) is 4.30. The van der Waals surface area contributed by atoms with Gasteiger partial charge in [-0.2, -0.15) is 0 Å². The summed E-state index contributed by atoms with van der Waals surface area (Å²) in [7, 11) is 4.16. The van der Waals surface area contributed by atoms with Crippen molar-refractivity contribution in [1.29, 1.82) is 0 Å². The fraction of sp³-hybridized carbons (Fsp3) is 0.286. The van der Waals surface area contributed by atoms with Crippen molar-refractivity contribution in [3.63, 3.8) is 0 Å². The van der Waals surface area contributed by atoms with Gasteiger partial charge in [-0.15, -0.1) is 0 Å². The number of hydrogen-bond donors (Lipinski definition) is 0. The maximum absolute atomic E-state index is 2.22. The molecule has 2 aromatic rings. The summed E-state index contributed by atoms with van der Waals surface area (Å²) in [6.07, 6.45) is 6.37. The van der Waals surface area contributed by atoms with Crippen molar-refractivity contribution in [3.8, 4) is 0 Å². The van der Waals surface area contributed by atoms with E-state index in [1.54, 1.807) is 0 Å². The topological polar surface area (TPSA) is 9.86 Å². The minimum absolute atomic E-state index is 1.22. The van der Waals surface area contributed by atoms with Gasteiger partial charge >= 0.3 is 0 Å². The molecule has 0 atom stereocenters. The zero-order valence-electron chi connectivity index (χ0n) is 10.4.